The van der Waals surface area contributed by atoms with Crippen LogP contribution < -0.4 is 10.5 Å². The summed E-state index contributed by atoms with van der Waals surface area (Å²) in [4.78, 5) is 32.1. The third-order valence-corrected chi connectivity index (χ3v) is 6.41. The van der Waals surface area contributed by atoms with Gasteiger partial charge in [0, 0.05) is 31.0 Å². The van der Waals surface area contributed by atoms with Crippen LogP contribution in [0.25, 0.3) is 22.4 Å². The molecule has 5 aromatic rings. The van der Waals surface area contributed by atoms with Crippen LogP contribution in [0.4, 0.5) is 5.82 Å². The van der Waals surface area contributed by atoms with E-state index >= 15 is 0 Å². The number of hydrogen-bond donors (Lipinski definition) is 1. The summed E-state index contributed by atoms with van der Waals surface area (Å²) < 4.78 is 7.76. The fourth-order valence-electron chi connectivity index (χ4n) is 4.57. The molecule has 10 nitrogen and oxygen atoms in total. The summed E-state index contributed by atoms with van der Waals surface area (Å²) in [7, 11) is 0. The first kappa shape index (κ1) is 22.6. The van der Waals surface area contributed by atoms with Gasteiger partial charge in [-0.15, -0.1) is 0 Å². The minimum absolute atomic E-state index is 0.0383. The second kappa shape index (κ2) is 9.65. The maximum atomic E-state index is 13.0. The molecule has 2 N–H and O–H groups in total. The number of rotatable bonds is 5. The summed E-state index contributed by atoms with van der Waals surface area (Å²) in [5.74, 6) is 2.25. The molecule has 2 aromatic carbocycles. The maximum absolute atomic E-state index is 13.0. The average Bonchev–Trinajstić information content (AvgIpc) is 3.39. The second-order valence-corrected chi connectivity index (χ2v) is 8.87. The van der Waals surface area contributed by atoms with E-state index in [0.717, 1.165) is 24.2 Å². The molecule has 1 aliphatic heterocycles. The lowest BCUT2D eigenvalue weighted by Crippen LogP contribution is -2.41. The molecule has 37 heavy (non-hydrogen) atoms. The van der Waals surface area contributed by atoms with Crippen molar-refractivity contribution in [3.63, 3.8) is 0 Å². The quantitative estimate of drug-likeness (QED) is 0.388. The molecule has 0 aliphatic carbocycles. The van der Waals surface area contributed by atoms with Crippen LogP contribution in [0.1, 0.15) is 29.2 Å². The summed E-state index contributed by atoms with van der Waals surface area (Å²) in [5.41, 5.74) is 8.25. The van der Waals surface area contributed by atoms with Crippen molar-refractivity contribution in [1.82, 2.24) is 34.6 Å². The number of ether oxygens (including phenoxy) is 1. The largest absolute Gasteiger partial charge is 0.457 e. The van der Waals surface area contributed by atoms with Crippen LogP contribution in [-0.4, -0.2) is 53.6 Å². The van der Waals surface area contributed by atoms with E-state index in [0.29, 0.717) is 47.1 Å². The van der Waals surface area contributed by atoms with Gasteiger partial charge < -0.3 is 15.4 Å². The number of fused-ring (bicyclic) bond motifs is 1. The molecular formula is C27H24N8O2. The Labute approximate surface area is 212 Å². The van der Waals surface area contributed by atoms with E-state index in [9.17, 15) is 4.79 Å². The second-order valence-electron chi connectivity index (χ2n) is 8.87. The van der Waals surface area contributed by atoms with Crippen LogP contribution in [0, 0.1) is 0 Å². The number of likely N-dealkylation sites (tertiary alicyclic amines) is 1. The number of nitrogen functional groups attached to an aromatic ring is 1. The molecule has 3 aromatic heterocycles. The number of carbonyl (C=O) groups is 1. The van der Waals surface area contributed by atoms with Gasteiger partial charge in [-0.3, -0.25) is 4.79 Å². The van der Waals surface area contributed by atoms with Gasteiger partial charge in [0.1, 0.15) is 23.6 Å². The van der Waals surface area contributed by atoms with Crippen molar-refractivity contribution in [2.24, 2.45) is 0 Å². The van der Waals surface area contributed by atoms with Gasteiger partial charge in [0.05, 0.1) is 23.2 Å². The number of piperidine rings is 1. The third-order valence-electron chi connectivity index (χ3n) is 6.41. The number of anilines is 1. The van der Waals surface area contributed by atoms with Gasteiger partial charge >= 0.3 is 0 Å². The van der Waals surface area contributed by atoms with Crippen molar-refractivity contribution in [2.75, 3.05) is 18.8 Å². The number of hydrogen-bond acceptors (Lipinski definition) is 8. The number of aromatic nitrogens is 6. The number of para-hydroxylation sites is 1. The lowest BCUT2D eigenvalue weighted by atomic mass is 10.0. The number of carbonyl (C=O) groups excluding carboxylic acids is 1. The number of nitrogens with zero attached hydrogens (tertiary/aromatic N) is 7. The first-order valence-corrected chi connectivity index (χ1v) is 12.0. The summed E-state index contributed by atoms with van der Waals surface area (Å²) in [5, 5.41) is 5.28. The van der Waals surface area contributed by atoms with Crippen LogP contribution in [0.15, 0.2) is 79.5 Å². The molecule has 1 saturated heterocycles. The van der Waals surface area contributed by atoms with Crippen molar-refractivity contribution >= 4 is 22.8 Å². The van der Waals surface area contributed by atoms with E-state index in [4.69, 9.17) is 15.5 Å². The zero-order valence-corrected chi connectivity index (χ0v) is 19.9. The minimum atomic E-state index is -0.0885. The first-order valence-electron chi connectivity index (χ1n) is 12.0. The van der Waals surface area contributed by atoms with Gasteiger partial charge in [-0.1, -0.05) is 18.2 Å². The highest BCUT2D eigenvalue weighted by molar-refractivity contribution is 5.93. The van der Waals surface area contributed by atoms with Gasteiger partial charge in [-0.25, -0.2) is 24.6 Å². The van der Waals surface area contributed by atoms with Gasteiger partial charge in [0.15, 0.2) is 11.5 Å². The van der Waals surface area contributed by atoms with Crippen LogP contribution in [0.5, 0.6) is 11.5 Å². The van der Waals surface area contributed by atoms with E-state index in [2.05, 4.69) is 20.1 Å². The van der Waals surface area contributed by atoms with E-state index in [1.54, 1.807) is 18.6 Å². The van der Waals surface area contributed by atoms with Crippen molar-refractivity contribution in [3.8, 4) is 22.9 Å². The van der Waals surface area contributed by atoms with Crippen molar-refractivity contribution in [2.45, 2.75) is 18.9 Å². The lowest BCUT2D eigenvalue weighted by molar-refractivity contribution is 0.0674. The fourth-order valence-corrected chi connectivity index (χ4v) is 4.57. The number of nitrogens with two attached hydrogens (primary N) is 1. The van der Waals surface area contributed by atoms with E-state index in [-0.39, 0.29) is 11.9 Å². The van der Waals surface area contributed by atoms with Gasteiger partial charge in [0.2, 0.25) is 0 Å². The average molecular weight is 493 g/mol. The lowest BCUT2D eigenvalue weighted by Gasteiger charge is -2.33. The number of amides is 1. The molecule has 1 fully saturated rings. The fraction of sp³-hybridized carbons (Fsp3) is 0.185. The van der Waals surface area contributed by atoms with E-state index in [1.807, 2.05) is 64.2 Å². The third kappa shape index (κ3) is 4.56. The minimum Gasteiger partial charge on any atom is -0.457 e. The Kier molecular flexibility index (Phi) is 5.89. The van der Waals surface area contributed by atoms with Crippen LogP contribution in [-0.2, 0) is 0 Å². The summed E-state index contributed by atoms with van der Waals surface area (Å²) in [6.45, 7) is 1.18. The molecule has 1 amide bonds. The maximum Gasteiger partial charge on any atom is 0.257 e. The van der Waals surface area contributed by atoms with E-state index in [1.165, 1.54) is 6.33 Å². The zero-order chi connectivity index (χ0) is 25.2. The molecule has 184 valence electrons. The molecule has 0 spiro atoms. The SMILES string of the molecule is Nc1nc(-c2ccc(Oc3ccccc3)cc2)nc2c1cnn2[C@@H]1CCCN(C(=O)c2cncnc2)C1. The zero-order valence-electron chi connectivity index (χ0n) is 19.9. The molecule has 1 atom stereocenters. The molecule has 10 heteroatoms. The smallest absolute Gasteiger partial charge is 0.257 e. The van der Waals surface area contributed by atoms with Crippen LogP contribution in [0.2, 0.25) is 0 Å². The molecule has 1 aliphatic rings. The first-order chi connectivity index (χ1) is 18.2. The molecular weight excluding hydrogens is 468 g/mol. The highest BCUT2D eigenvalue weighted by Gasteiger charge is 2.28. The van der Waals surface area contributed by atoms with Crippen molar-refractivity contribution in [1.29, 1.82) is 0 Å². The Morgan fingerprint density at radius 1 is 0.946 bits per heavy atom. The molecule has 6 rings (SSSR count). The molecule has 0 radical (unpaired) electrons. The van der Waals surface area contributed by atoms with Crippen molar-refractivity contribution in [3.05, 3.63) is 85.1 Å². The highest BCUT2D eigenvalue weighted by atomic mass is 16.5. The van der Waals surface area contributed by atoms with Crippen LogP contribution in [0.3, 0.4) is 0 Å². The molecule has 0 saturated carbocycles. The topological polar surface area (TPSA) is 125 Å². The Hall–Kier alpha value is -4.86. The molecule has 0 unspecified atom stereocenters. The van der Waals surface area contributed by atoms with Gasteiger partial charge in [-0.05, 0) is 49.2 Å². The predicted molar refractivity (Wildman–Crippen MR) is 138 cm³/mol. The summed E-state index contributed by atoms with van der Waals surface area (Å²) in [6, 6.07) is 17.1. The van der Waals surface area contributed by atoms with E-state index < -0.39 is 0 Å². The Balaban J connectivity index is 1.27. The molecule has 4 heterocycles. The normalized spacial score (nSPS) is 15.6. The predicted octanol–water partition coefficient (Wildman–Crippen LogP) is 4.14. The van der Waals surface area contributed by atoms with Crippen LogP contribution >= 0.6 is 0 Å². The van der Waals surface area contributed by atoms with Gasteiger partial charge in [0.25, 0.3) is 5.91 Å². The highest BCUT2D eigenvalue weighted by Crippen LogP contribution is 2.30. The standard InChI is InChI=1S/C27H24N8O2/c28-24-23-15-31-35(20-5-4-12-34(16-20)27(36)19-13-29-17-30-14-19)26(23)33-25(32-24)18-8-10-22(11-9-18)37-21-6-2-1-3-7-21/h1-3,6-11,13-15,17,20H,4-5,12,16H2,(H2,28,32,33)/t20-/m1/s1. The van der Waals surface area contributed by atoms with Crippen molar-refractivity contribution < 1.29 is 9.53 Å². The molecule has 0 bridgehead atoms. The Bertz CT molecular complexity index is 1540. The number of benzene rings is 2. The Morgan fingerprint density at radius 3 is 2.49 bits per heavy atom. The van der Waals surface area contributed by atoms with Gasteiger partial charge in [-0.2, -0.15) is 5.10 Å². The summed E-state index contributed by atoms with van der Waals surface area (Å²) >= 11 is 0. The monoisotopic (exact) mass is 492 g/mol. The Morgan fingerprint density at radius 2 is 1.70 bits per heavy atom. The summed E-state index contributed by atoms with van der Waals surface area (Å²) in [6.07, 6.45) is 7.91.